The van der Waals surface area contributed by atoms with Gasteiger partial charge in [-0.3, -0.25) is 9.59 Å². The molecule has 0 saturated carbocycles. The maximum atomic E-state index is 12.7. The molecule has 0 spiro atoms. The number of hydrogen-bond acceptors (Lipinski definition) is 2. The van der Waals surface area contributed by atoms with Crippen LogP contribution in [0.25, 0.3) is 0 Å². The van der Waals surface area contributed by atoms with Crippen LogP contribution < -0.4 is 10.6 Å². The highest BCUT2D eigenvalue weighted by molar-refractivity contribution is 6.34. The lowest BCUT2D eigenvalue weighted by Gasteiger charge is -2.16. The third kappa shape index (κ3) is 4.54. The van der Waals surface area contributed by atoms with Gasteiger partial charge in [-0.15, -0.1) is 0 Å². The quantitative estimate of drug-likeness (QED) is 0.650. The minimum absolute atomic E-state index is 0.161. The Morgan fingerprint density at radius 1 is 0.778 bits per heavy atom. The number of para-hydroxylation sites is 1. The van der Waals surface area contributed by atoms with E-state index in [0.717, 1.165) is 5.56 Å². The molecule has 2 N–H and O–H groups in total. The highest BCUT2D eigenvalue weighted by Crippen LogP contribution is 2.21. The van der Waals surface area contributed by atoms with Gasteiger partial charge in [0.1, 0.15) is 0 Å². The van der Waals surface area contributed by atoms with Crippen molar-refractivity contribution in [2.45, 2.75) is 13.0 Å². The first-order valence-electron chi connectivity index (χ1n) is 8.57. The van der Waals surface area contributed by atoms with Crippen molar-refractivity contribution in [3.8, 4) is 0 Å². The van der Waals surface area contributed by atoms with Crippen molar-refractivity contribution in [2.75, 3.05) is 5.32 Å². The second-order valence-corrected chi connectivity index (χ2v) is 6.49. The van der Waals surface area contributed by atoms with Crippen molar-refractivity contribution >= 4 is 29.1 Å². The predicted molar refractivity (Wildman–Crippen MR) is 108 cm³/mol. The highest BCUT2D eigenvalue weighted by atomic mass is 35.5. The zero-order valence-electron chi connectivity index (χ0n) is 14.8. The van der Waals surface area contributed by atoms with E-state index >= 15 is 0 Å². The first kappa shape index (κ1) is 18.7. The fourth-order valence-electron chi connectivity index (χ4n) is 2.72. The van der Waals surface area contributed by atoms with Crippen LogP contribution in [0.15, 0.2) is 78.9 Å². The molecular formula is C22H19ClN2O2. The number of benzene rings is 3. The molecule has 0 unspecified atom stereocenters. The Morgan fingerprint density at radius 2 is 1.37 bits per heavy atom. The van der Waals surface area contributed by atoms with Gasteiger partial charge in [0.15, 0.2) is 0 Å². The Balaban J connectivity index is 1.78. The van der Waals surface area contributed by atoms with Crippen molar-refractivity contribution in [3.05, 3.63) is 101 Å². The largest absolute Gasteiger partial charge is 0.345 e. The van der Waals surface area contributed by atoms with Gasteiger partial charge in [-0.1, -0.05) is 66.2 Å². The third-order valence-corrected chi connectivity index (χ3v) is 4.52. The molecule has 0 fully saturated rings. The molecule has 0 aromatic heterocycles. The lowest BCUT2D eigenvalue weighted by atomic mass is 10.1. The maximum Gasteiger partial charge on any atom is 0.257 e. The van der Waals surface area contributed by atoms with Gasteiger partial charge in [-0.2, -0.15) is 0 Å². The summed E-state index contributed by atoms with van der Waals surface area (Å²) in [6.45, 7) is 1.91. The standard InChI is InChI=1S/C22H19ClN2O2/c1-15(16-9-3-2-4-10-16)24-22(27)18-12-6-8-14-20(18)25-21(26)17-11-5-7-13-19(17)23/h2-15H,1H3,(H,24,27)(H,25,26)/t15-/m0/s1. The number of nitrogens with one attached hydrogen (secondary N) is 2. The fourth-order valence-corrected chi connectivity index (χ4v) is 2.95. The number of rotatable bonds is 5. The molecule has 0 radical (unpaired) electrons. The molecule has 5 heteroatoms. The van der Waals surface area contributed by atoms with Gasteiger partial charge in [0.05, 0.1) is 27.9 Å². The van der Waals surface area contributed by atoms with Crippen LogP contribution in [0, 0.1) is 0 Å². The summed E-state index contributed by atoms with van der Waals surface area (Å²) in [5.41, 5.74) is 2.18. The summed E-state index contributed by atoms with van der Waals surface area (Å²) in [7, 11) is 0. The maximum absolute atomic E-state index is 12.7. The van der Waals surface area contributed by atoms with Crippen LogP contribution >= 0.6 is 11.6 Å². The molecule has 3 aromatic carbocycles. The molecule has 0 aliphatic carbocycles. The molecule has 3 rings (SSSR count). The highest BCUT2D eigenvalue weighted by Gasteiger charge is 2.17. The van der Waals surface area contributed by atoms with E-state index in [2.05, 4.69) is 10.6 Å². The van der Waals surface area contributed by atoms with Crippen LogP contribution in [0.5, 0.6) is 0 Å². The normalized spacial score (nSPS) is 11.5. The second-order valence-electron chi connectivity index (χ2n) is 6.09. The first-order valence-corrected chi connectivity index (χ1v) is 8.95. The van der Waals surface area contributed by atoms with Crippen molar-refractivity contribution in [1.82, 2.24) is 5.32 Å². The molecular weight excluding hydrogens is 360 g/mol. The van der Waals surface area contributed by atoms with E-state index in [-0.39, 0.29) is 17.9 Å². The third-order valence-electron chi connectivity index (χ3n) is 4.19. The summed E-state index contributed by atoms with van der Waals surface area (Å²) in [6.07, 6.45) is 0. The number of carbonyl (C=O) groups is 2. The van der Waals surface area contributed by atoms with Gasteiger partial charge in [-0.25, -0.2) is 0 Å². The van der Waals surface area contributed by atoms with Gasteiger partial charge < -0.3 is 10.6 Å². The van der Waals surface area contributed by atoms with Crippen molar-refractivity contribution in [3.63, 3.8) is 0 Å². The van der Waals surface area contributed by atoms with Crippen LogP contribution in [0.1, 0.15) is 39.2 Å². The summed E-state index contributed by atoms with van der Waals surface area (Å²) < 4.78 is 0. The van der Waals surface area contributed by atoms with E-state index in [9.17, 15) is 9.59 Å². The van der Waals surface area contributed by atoms with Crippen LogP contribution in [-0.2, 0) is 0 Å². The van der Waals surface area contributed by atoms with Gasteiger partial charge in [0.25, 0.3) is 11.8 Å². The molecule has 0 aliphatic heterocycles. The molecule has 1 atom stereocenters. The zero-order chi connectivity index (χ0) is 19.2. The fraction of sp³-hybridized carbons (Fsp3) is 0.0909. The number of amides is 2. The van der Waals surface area contributed by atoms with Crippen LogP contribution in [-0.4, -0.2) is 11.8 Å². The Kier molecular flexibility index (Phi) is 5.89. The van der Waals surface area contributed by atoms with E-state index in [1.54, 1.807) is 48.5 Å². The predicted octanol–water partition coefficient (Wildman–Crippen LogP) is 5.08. The monoisotopic (exact) mass is 378 g/mol. The molecule has 2 amide bonds. The molecule has 0 aliphatic rings. The summed E-state index contributed by atoms with van der Waals surface area (Å²) in [4.78, 5) is 25.3. The average Bonchev–Trinajstić information content (AvgIpc) is 2.69. The van der Waals surface area contributed by atoms with Crippen molar-refractivity contribution < 1.29 is 9.59 Å². The number of hydrogen-bond donors (Lipinski definition) is 2. The van der Waals surface area contributed by atoms with Gasteiger partial charge in [0.2, 0.25) is 0 Å². The Bertz CT molecular complexity index is 957. The first-order chi connectivity index (χ1) is 13.1. The minimum Gasteiger partial charge on any atom is -0.345 e. The zero-order valence-corrected chi connectivity index (χ0v) is 15.5. The van der Waals surface area contributed by atoms with E-state index < -0.39 is 0 Å². The molecule has 27 heavy (non-hydrogen) atoms. The lowest BCUT2D eigenvalue weighted by Crippen LogP contribution is -2.28. The molecule has 3 aromatic rings. The number of carbonyl (C=O) groups excluding carboxylic acids is 2. The average molecular weight is 379 g/mol. The van der Waals surface area contributed by atoms with Crippen LogP contribution in [0.3, 0.4) is 0 Å². The molecule has 0 heterocycles. The summed E-state index contributed by atoms with van der Waals surface area (Å²) in [5, 5.41) is 6.09. The molecule has 4 nitrogen and oxygen atoms in total. The van der Waals surface area contributed by atoms with Gasteiger partial charge >= 0.3 is 0 Å². The second kappa shape index (κ2) is 8.52. The molecule has 0 bridgehead atoms. The van der Waals surface area contributed by atoms with Gasteiger partial charge in [-0.05, 0) is 36.8 Å². The Morgan fingerprint density at radius 3 is 2.07 bits per heavy atom. The van der Waals surface area contributed by atoms with E-state index in [1.807, 2.05) is 37.3 Å². The summed E-state index contributed by atoms with van der Waals surface area (Å²) in [5.74, 6) is -0.627. The van der Waals surface area contributed by atoms with E-state index in [0.29, 0.717) is 21.8 Å². The van der Waals surface area contributed by atoms with Crippen LogP contribution in [0.2, 0.25) is 5.02 Å². The van der Waals surface area contributed by atoms with Crippen LogP contribution in [0.4, 0.5) is 5.69 Å². The lowest BCUT2D eigenvalue weighted by molar-refractivity contribution is 0.0941. The van der Waals surface area contributed by atoms with Crippen molar-refractivity contribution in [2.24, 2.45) is 0 Å². The summed E-state index contributed by atoms with van der Waals surface area (Å²) >= 11 is 6.08. The summed E-state index contributed by atoms with van der Waals surface area (Å²) in [6, 6.07) is 23.2. The number of halogens is 1. The SMILES string of the molecule is C[C@H](NC(=O)c1ccccc1NC(=O)c1ccccc1Cl)c1ccccc1. The van der Waals surface area contributed by atoms with E-state index in [1.165, 1.54) is 0 Å². The molecule has 0 saturated heterocycles. The topological polar surface area (TPSA) is 58.2 Å². The van der Waals surface area contributed by atoms with Gasteiger partial charge in [0, 0.05) is 0 Å². The number of anilines is 1. The molecule has 136 valence electrons. The Labute approximate surface area is 163 Å². The smallest absolute Gasteiger partial charge is 0.257 e. The van der Waals surface area contributed by atoms with E-state index in [4.69, 9.17) is 11.6 Å². The van der Waals surface area contributed by atoms with Crippen molar-refractivity contribution in [1.29, 1.82) is 0 Å². The minimum atomic E-state index is -0.364. The Hall–Kier alpha value is -3.11.